The van der Waals surface area contributed by atoms with Crippen LogP contribution < -0.4 is 0 Å². The van der Waals surface area contributed by atoms with Crippen molar-refractivity contribution in [2.75, 3.05) is 0 Å². The van der Waals surface area contributed by atoms with Crippen molar-refractivity contribution in [3.05, 3.63) is 0 Å². The van der Waals surface area contributed by atoms with E-state index in [1.165, 1.54) is 19.3 Å². The van der Waals surface area contributed by atoms with E-state index in [1.807, 2.05) is 0 Å². The van der Waals surface area contributed by atoms with E-state index in [1.54, 1.807) is 0 Å². The molecule has 2 saturated carbocycles. The van der Waals surface area contributed by atoms with E-state index in [0.29, 0.717) is 3.23 Å². The second kappa shape index (κ2) is 2.22. The molecule has 0 bridgehead atoms. The molecule has 0 N–H and O–H groups in total. The highest BCUT2D eigenvalue weighted by molar-refractivity contribution is 9.25. The van der Waals surface area contributed by atoms with Crippen molar-refractivity contribution < 1.29 is 0 Å². The molecule has 0 aromatic rings. The van der Waals surface area contributed by atoms with Crippen molar-refractivity contribution in [3.8, 4) is 0 Å². The number of halogens is 2. The molecule has 2 rings (SSSR count). The average molecular weight is 268 g/mol. The third-order valence-corrected chi connectivity index (χ3v) is 5.28. The first-order valence-corrected chi connectivity index (χ1v) is 5.60. The van der Waals surface area contributed by atoms with E-state index in [0.717, 1.165) is 17.8 Å². The molecule has 0 spiro atoms. The zero-order valence-corrected chi connectivity index (χ0v) is 9.28. The summed E-state index contributed by atoms with van der Waals surface area (Å²) in [5, 5.41) is 0. The van der Waals surface area contributed by atoms with Gasteiger partial charge in [-0.15, -0.1) is 0 Å². The molecule has 2 aliphatic carbocycles. The predicted octanol–water partition coefficient (Wildman–Crippen LogP) is 3.54. The van der Waals surface area contributed by atoms with Crippen LogP contribution in [0.15, 0.2) is 0 Å². The SMILES string of the molecule is CC1CCCC2C1C2(Br)Br. The Bertz CT molecular complexity index is 153. The lowest BCUT2D eigenvalue weighted by Crippen LogP contribution is -2.05. The predicted molar refractivity (Wildman–Crippen MR) is 50.6 cm³/mol. The summed E-state index contributed by atoms with van der Waals surface area (Å²) in [7, 11) is 0. The van der Waals surface area contributed by atoms with Crippen LogP contribution in [0.25, 0.3) is 0 Å². The lowest BCUT2D eigenvalue weighted by molar-refractivity contribution is 0.362. The van der Waals surface area contributed by atoms with E-state index in [4.69, 9.17) is 0 Å². The molecule has 58 valence electrons. The van der Waals surface area contributed by atoms with Gasteiger partial charge in [-0.25, -0.2) is 0 Å². The van der Waals surface area contributed by atoms with E-state index in [2.05, 4.69) is 38.8 Å². The topological polar surface area (TPSA) is 0 Å². The van der Waals surface area contributed by atoms with E-state index < -0.39 is 0 Å². The number of hydrogen-bond donors (Lipinski definition) is 0. The molecule has 3 atom stereocenters. The zero-order valence-electron chi connectivity index (χ0n) is 6.11. The fourth-order valence-electron chi connectivity index (χ4n) is 2.40. The second-order valence-electron chi connectivity index (χ2n) is 3.71. The Kier molecular flexibility index (Phi) is 1.69. The van der Waals surface area contributed by atoms with Crippen LogP contribution in [-0.2, 0) is 0 Å². The molecule has 0 aliphatic heterocycles. The fraction of sp³-hybridized carbons (Fsp3) is 1.00. The molecule has 2 heteroatoms. The number of alkyl halides is 2. The van der Waals surface area contributed by atoms with Crippen molar-refractivity contribution in [3.63, 3.8) is 0 Å². The molecule has 0 nitrogen and oxygen atoms in total. The highest BCUT2D eigenvalue weighted by atomic mass is 79.9. The van der Waals surface area contributed by atoms with Crippen molar-refractivity contribution in [2.24, 2.45) is 17.8 Å². The maximum Gasteiger partial charge on any atom is 0.0871 e. The summed E-state index contributed by atoms with van der Waals surface area (Å²) in [6.45, 7) is 2.38. The molecule has 0 saturated heterocycles. The van der Waals surface area contributed by atoms with Gasteiger partial charge in [-0.1, -0.05) is 51.6 Å². The molecule has 10 heavy (non-hydrogen) atoms. The third kappa shape index (κ3) is 0.911. The summed E-state index contributed by atoms with van der Waals surface area (Å²) in [5.74, 6) is 2.77. The first-order chi connectivity index (χ1) is 4.64. The maximum atomic E-state index is 3.74. The number of rotatable bonds is 0. The van der Waals surface area contributed by atoms with Gasteiger partial charge in [0.1, 0.15) is 0 Å². The largest absolute Gasteiger partial charge is 0.0871 e. The molecule has 2 aliphatic rings. The van der Waals surface area contributed by atoms with Crippen LogP contribution in [0.2, 0.25) is 0 Å². The first kappa shape index (κ1) is 7.60. The molecule has 0 amide bonds. The van der Waals surface area contributed by atoms with Gasteiger partial charge >= 0.3 is 0 Å². The normalized spacial score (nSPS) is 50.1. The molecule has 0 aromatic heterocycles. The summed E-state index contributed by atoms with van der Waals surface area (Å²) in [6.07, 6.45) is 4.28. The smallest absolute Gasteiger partial charge is 0.0721 e. The Hall–Kier alpha value is 0.960. The maximum absolute atomic E-state index is 3.74. The lowest BCUT2D eigenvalue weighted by atomic mass is 9.91. The van der Waals surface area contributed by atoms with Gasteiger partial charge in [0.2, 0.25) is 0 Å². The molecule has 3 unspecified atom stereocenters. The molecule has 2 fully saturated rings. The van der Waals surface area contributed by atoms with Crippen LogP contribution in [0.1, 0.15) is 26.2 Å². The number of fused-ring (bicyclic) bond motifs is 1. The van der Waals surface area contributed by atoms with Crippen LogP contribution in [0.5, 0.6) is 0 Å². The van der Waals surface area contributed by atoms with Gasteiger partial charge in [0.25, 0.3) is 0 Å². The lowest BCUT2D eigenvalue weighted by Gasteiger charge is -2.14. The Morgan fingerprint density at radius 2 is 2.00 bits per heavy atom. The summed E-state index contributed by atoms with van der Waals surface area (Å²) in [6, 6.07) is 0. The van der Waals surface area contributed by atoms with E-state index in [9.17, 15) is 0 Å². The van der Waals surface area contributed by atoms with E-state index in [-0.39, 0.29) is 0 Å². The van der Waals surface area contributed by atoms with Gasteiger partial charge in [-0.2, -0.15) is 0 Å². The van der Waals surface area contributed by atoms with Gasteiger partial charge in [-0.05, 0) is 24.2 Å². The van der Waals surface area contributed by atoms with Crippen molar-refractivity contribution in [2.45, 2.75) is 29.4 Å². The highest BCUT2D eigenvalue weighted by Gasteiger charge is 2.64. The van der Waals surface area contributed by atoms with Crippen LogP contribution >= 0.6 is 31.9 Å². The Morgan fingerprint density at radius 3 is 2.50 bits per heavy atom. The Morgan fingerprint density at radius 1 is 1.30 bits per heavy atom. The van der Waals surface area contributed by atoms with Crippen LogP contribution in [0.3, 0.4) is 0 Å². The van der Waals surface area contributed by atoms with Crippen LogP contribution in [-0.4, -0.2) is 3.23 Å². The molecule has 0 radical (unpaired) electrons. The van der Waals surface area contributed by atoms with Crippen LogP contribution in [0, 0.1) is 17.8 Å². The summed E-state index contributed by atoms with van der Waals surface area (Å²) >= 11 is 7.47. The van der Waals surface area contributed by atoms with Gasteiger partial charge in [-0.3, -0.25) is 0 Å². The quantitative estimate of drug-likeness (QED) is 0.589. The van der Waals surface area contributed by atoms with Gasteiger partial charge in [0.15, 0.2) is 0 Å². The molecule has 0 aromatic carbocycles. The summed E-state index contributed by atoms with van der Waals surface area (Å²) < 4.78 is 0.343. The summed E-state index contributed by atoms with van der Waals surface area (Å²) in [5.41, 5.74) is 0. The minimum absolute atomic E-state index is 0.343. The van der Waals surface area contributed by atoms with Gasteiger partial charge in [0, 0.05) is 0 Å². The zero-order chi connectivity index (χ0) is 7.35. The average Bonchev–Trinajstić information content (AvgIpc) is 2.38. The van der Waals surface area contributed by atoms with Crippen molar-refractivity contribution in [1.29, 1.82) is 0 Å². The molecular weight excluding hydrogens is 256 g/mol. The Labute approximate surface area is 79.0 Å². The first-order valence-electron chi connectivity index (χ1n) is 4.02. The van der Waals surface area contributed by atoms with Gasteiger partial charge < -0.3 is 0 Å². The molecular formula is C8H12Br2. The van der Waals surface area contributed by atoms with Crippen molar-refractivity contribution >= 4 is 31.9 Å². The monoisotopic (exact) mass is 266 g/mol. The van der Waals surface area contributed by atoms with Gasteiger partial charge in [0.05, 0.1) is 3.23 Å². The molecule has 0 heterocycles. The third-order valence-electron chi connectivity index (χ3n) is 3.05. The summed E-state index contributed by atoms with van der Waals surface area (Å²) in [4.78, 5) is 0. The minimum atomic E-state index is 0.343. The highest BCUT2D eigenvalue weighted by Crippen LogP contribution is 2.69. The second-order valence-corrected chi connectivity index (χ2v) is 7.40. The van der Waals surface area contributed by atoms with Crippen molar-refractivity contribution in [1.82, 2.24) is 0 Å². The fourth-order valence-corrected chi connectivity index (χ4v) is 4.71. The van der Waals surface area contributed by atoms with E-state index >= 15 is 0 Å². The van der Waals surface area contributed by atoms with Crippen LogP contribution in [0.4, 0.5) is 0 Å². The number of hydrogen-bond acceptors (Lipinski definition) is 0. The Balaban J connectivity index is 2.11. The minimum Gasteiger partial charge on any atom is -0.0721 e. The standard InChI is InChI=1S/C8H12Br2/c1-5-3-2-4-6-7(5)8(6,9)10/h5-7H,2-4H2,1H3.